The summed E-state index contributed by atoms with van der Waals surface area (Å²) in [6.45, 7) is 9.23. The number of anilines is 1. The second kappa shape index (κ2) is 9.26. The van der Waals surface area contributed by atoms with E-state index >= 15 is 0 Å². The monoisotopic (exact) mass is 496 g/mol. The quantitative estimate of drug-likeness (QED) is 0.380. The Morgan fingerprint density at radius 1 is 1.09 bits per heavy atom. The Bertz CT molecular complexity index is 1090. The Balaban J connectivity index is 1.58. The van der Waals surface area contributed by atoms with E-state index < -0.39 is 0 Å². The predicted octanol–water partition coefficient (Wildman–Crippen LogP) is 7.14. The molecule has 2 amide bonds. The van der Waals surface area contributed by atoms with Crippen molar-refractivity contribution in [2.75, 3.05) is 11.9 Å². The first kappa shape index (κ1) is 22.8. The van der Waals surface area contributed by atoms with E-state index in [2.05, 4.69) is 94.3 Å². The van der Waals surface area contributed by atoms with Gasteiger partial charge in [0.2, 0.25) is 0 Å². The summed E-state index contributed by atoms with van der Waals surface area (Å²) in [5.74, 6) is 0.666. The molecule has 2 N–H and O–H groups in total. The number of carbonyl (C=O) groups excluding carboxylic acids is 1. The van der Waals surface area contributed by atoms with Gasteiger partial charge in [0, 0.05) is 34.5 Å². The Labute approximate surface area is 199 Å². The lowest BCUT2D eigenvalue weighted by Crippen LogP contribution is -2.44. The molecule has 0 unspecified atom stereocenters. The smallest absolute Gasteiger partial charge is 0.319 e. The fraction of sp³-hybridized carbons (Fsp3) is 0.462. The molecule has 1 aliphatic carbocycles. The lowest BCUT2D eigenvalue weighted by molar-refractivity contribution is 0.239. The van der Waals surface area contributed by atoms with Crippen molar-refractivity contribution in [1.29, 1.82) is 0 Å². The zero-order valence-electron chi connectivity index (χ0n) is 19.4. The highest BCUT2D eigenvalue weighted by molar-refractivity contribution is 9.10. The number of aromatic nitrogens is 2. The van der Waals surface area contributed by atoms with Gasteiger partial charge in [0.15, 0.2) is 0 Å². The predicted molar refractivity (Wildman–Crippen MR) is 136 cm³/mol. The molecule has 1 saturated carbocycles. The number of amides is 2. The lowest BCUT2D eigenvalue weighted by atomic mass is 9.92. The number of hydrogen-bond acceptors (Lipinski definition) is 2. The van der Waals surface area contributed by atoms with E-state index in [4.69, 9.17) is 0 Å². The Morgan fingerprint density at radius 3 is 2.38 bits per heavy atom. The van der Waals surface area contributed by atoms with Gasteiger partial charge >= 0.3 is 6.03 Å². The van der Waals surface area contributed by atoms with Crippen LogP contribution in [0.15, 0.2) is 47.2 Å². The topological polar surface area (TPSA) is 59.0 Å². The van der Waals surface area contributed by atoms with Gasteiger partial charge in [-0.1, -0.05) is 58.7 Å². The number of benzene rings is 1. The highest BCUT2D eigenvalue weighted by atomic mass is 79.9. The van der Waals surface area contributed by atoms with Gasteiger partial charge in [0.05, 0.1) is 5.54 Å². The minimum atomic E-state index is -0.158. The molecule has 0 saturated heterocycles. The number of para-hydroxylation sites is 1. The summed E-state index contributed by atoms with van der Waals surface area (Å²) >= 11 is 3.70. The molecule has 32 heavy (non-hydrogen) atoms. The molecule has 0 aliphatic heterocycles. The van der Waals surface area contributed by atoms with Gasteiger partial charge < -0.3 is 15.2 Å². The summed E-state index contributed by atoms with van der Waals surface area (Å²) in [5, 5.41) is 7.50. The van der Waals surface area contributed by atoms with Crippen molar-refractivity contribution in [2.24, 2.45) is 0 Å². The number of pyridine rings is 1. The maximum absolute atomic E-state index is 13.1. The normalized spacial score (nSPS) is 15.6. The molecule has 2 heterocycles. The van der Waals surface area contributed by atoms with Crippen LogP contribution in [0.4, 0.5) is 10.5 Å². The number of fused-ring (bicyclic) bond motifs is 1. The molecule has 170 valence electrons. The molecule has 0 radical (unpaired) electrons. The molecule has 1 aliphatic rings. The van der Waals surface area contributed by atoms with Crippen LogP contribution in [0.2, 0.25) is 0 Å². The lowest BCUT2D eigenvalue weighted by Gasteiger charge is -2.32. The average molecular weight is 497 g/mol. The fourth-order valence-electron chi connectivity index (χ4n) is 5.01. The van der Waals surface area contributed by atoms with E-state index in [9.17, 15) is 4.79 Å². The van der Waals surface area contributed by atoms with Crippen LogP contribution in [0.1, 0.15) is 76.3 Å². The minimum Gasteiger partial charge on any atom is -0.335 e. The van der Waals surface area contributed by atoms with Crippen molar-refractivity contribution < 1.29 is 4.79 Å². The molecule has 4 rings (SSSR count). The third-order valence-corrected chi connectivity index (χ3v) is 7.38. The van der Waals surface area contributed by atoms with Gasteiger partial charge in [-0.25, -0.2) is 9.78 Å². The summed E-state index contributed by atoms with van der Waals surface area (Å²) in [4.78, 5) is 17.8. The number of nitrogens with zero attached hydrogens (tertiary/aromatic N) is 2. The van der Waals surface area contributed by atoms with Gasteiger partial charge in [0.25, 0.3) is 0 Å². The summed E-state index contributed by atoms with van der Waals surface area (Å²) in [5.41, 5.74) is 4.11. The van der Waals surface area contributed by atoms with Crippen molar-refractivity contribution in [3.8, 4) is 0 Å². The molecule has 1 fully saturated rings. The van der Waals surface area contributed by atoms with Gasteiger partial charge in [-0.3, -0.25) is 0 Å². The molecular formula is C26H33BrN4O. The zero-order chi connectivity index (χ0) is 22.9. The van der Waals surface area contributed by atoms with Gasteiger partial charge in [0.1, 0.15) is 5.65 Å². The van der Waals surface area contributed by atoms with Crippen LogP contribution in [-0.2, 0) is 5.54 Å². The molecule has 5 nitrogen and oxygen atoms in total. The fourth-order valence-corrected chi connectivity index (χ4v) is 5.53. The van der Waals surface area contributed by atoms with Gasteiger partial charge in [-0.15, -0.1) is 0 Å². The van der Waals surface area contributed by atoms with Crippen molar-refractivity contribution in [3.63, 3.8) is 0 Å². The van der Waals surface area contributed by atoms with Crippen molar-refractivity contribution in [2.45, 2.75) is 70.8 Å². The molecule has 0 bridgehead atoms. The van der Waals surface area contributed by atoms with Crippen molar-refractivity contribution in [1.82, 2.24) is 14.9 Å². The molecular weight excluding hydrogens is 464 g/mol. The summed E-state index contributed by atoms with van der Waals surface area (Å²) in [7, 11) is 0. The molecule has 2 aromatic heterocycles. The summed E-state index contributed by atoms with van der Waals surface area (Å²) in [6, 6.07) is 10.2. The number of urea groups is 1. The second-order valence-electron chi connectivity index (χ2n) is 9.58. The van der Waals surface area contributed by atoms with Crippen LogP contribution in [-0.4, -0.2) is 22.1 Å². The van der Waals surface area contributed by atoms with Crippen LogP contribution >= 0.6 is 15.9 Å². The van der Waals surface area contributed by atoms with Crippen molar-refractivity contribution >= 4 is 38.7 Å². The van der Waals surface area contributed by atoms with E-state index in [0.29, 0.717) is 18.4 Å². The van der Waals surface area contributed by atoms with E-state index in [0.717, 1.165) is 46.9 Å². The first-order valence-electron chi connectivity index (χ1n) is 11.6. The van der Waals surface area contributed by atoms with E-state index in [-0.39, 0.29) is 11.6 Å². The third-order valence-electron chi connectivity index (χ3n) is 6.75. The van der Waals surface area contributed by atoms with Crippen molar-refractivity contribution in [3.05, 3.63) is 58.3 Å². The van der Waals surface area contributed by atoms with Crippen LogP contribution in [0.25, 0.3) is 11.0 Å². The average Bonchev–Trinajstić information content (AvgIpc) is 3.38. The SMILES string of the molecule is CC(C)c1cccc(C(C)C)c1NC(=O)NCC1(n2cc(Br)c3cccnc32)CCCC1. The van der Waals surface area contributed by atoms with E-state index in [1.54, 1.807) is 0 Å². The van der Waals surface area contributed by atoms with Gasteiger partial charge in [-0.05, 0) is 63.9 Å². The highest BCUT2D eigenvalue weighted by Crippen LogP contribution is 2.40. The summed E-state index contributed by atoms with van der Waals surface area (Å²) < 4.78 is 3.32. The first-order valence-corrected chi connectivity index (χ1v) is 12.4. The number of rotatable bonds is 6. The maximum Gasteiger partial charge on any atom is 0.319 e. The Hall–Kier alpha value is -2.34. The van der Waals surface area contributed by atoms with E-state index in [1.165, 1.54) is 11.1 Å². The zero-order valence-corrected chi connectivity index (χ0v) is 21.0. The number of hydrogen-bond donors (Lipinski definition) is 2. The largest absolute Gasteiger partial charge is 0.335 e. The van der Waals surface area contributed by atoms with Gasteiger partial charge in [-0.2, -0.15) is 0 Å². The highest BCUT2D eigenvalue weighted by Gasteiger charge is 2.37. The Kier molecular flexibility index (Phi) is 6.61. The van der Waals surface area contributed by atoms with Crippen LogP contribution in [0.5, 0.6) is 0 Å². The number of halogens is 1. The second-order valence-corrected chi connectivity index (χ2v) is 10.4. The molecule has 1 aromatic carbocycles. The molecule has 0 atom stereocenters. The standard InChI is InChI=1S/C26H33BrN4O/c1-17(2)19-9-7-10-20(18(3)4)23(19)30-25(32)29-16-26(12-5-6-13-26)31-15-22(27)21-11-8-14-28-24(21)31/h7-11,14-15,17-18H,5-6,12-13,16H2,1-4H3,(H2,29,30,32). The van der Waals surface area contributed by atoms with Crippen LogP contribution in [0.3, 0.4) is 0 Å². The molecule has 0 spiro atoms. The van der Waals surface area contributed by atoms with E-state index in [1.807, 2.05) is 12.3 Å². The molecule has 3 aromatic rings. The summed E-state index contributed by atoms with van der Waals surface area (Å²) in [6.07, 6.45) is 8.33. The van der Waals surface area contributed by atoms with Crippen LogP contribution < -0.4 is 10.6 Å². The van der Waals surface area contributed by atoms with Crippen LogP contribution in [0, 0.1) is 0 Å². The minimum absolute atomic E-state index is 0.144. The molecule has 6 heteroatoms. The first-order chi connectivity index (χ1) is 15.3. The number of carbonyl (C=O) groups is 1. The Morgan fingerprint density at radius 2 is 1.75 bits per heavy atom. The third kappa shape index (κ3) is 4.29. The maximum atomic E-state index is 13.1. The number of nitrogens with one attached hydrogen (secondary N) is 2.